The van der Waals surface area contributed by atoms with Gasteiger partial charge in [-0.05, 0) is 83.4 Å². The van der Waals surface area contributed by atoms with Crippen molar-refractivity contribution < 1.29 is 14.4 Å². The fourth-order valence-corrected chi connectivity index (χ4v) is 3.42. The number of anilines is 2. The van der Waals surface area contributed by atoms with Crippen LogP contribution >= 0.6 is 0 Å². The Kier molecular flexibility index (Phi) is 8.75. The number of hydrogen-bond acceptors (Lipinski definition) is 4. The fraction of sp³-hybridized carbons (Fsp3) is 0.250. The number of rotatable bonds is 9. The first-order chi connectivity index (χ1) is 16.7. The molecule has 0 saturated carbocycles. The lowest BCUT2D eigenvalue weighted by molar-refractivity contribution is 0.0952. The highest BCUT2D eigenvalue weighted by Gasteiger charge is 2.16. The molecule has 0 aliphatic rings. The number of nitrogens with zero attached hydrogens (tertiary/aromatic N) is 1. The maximum atomic E-state index is 12.9. The molecule has 182 valence electrons. The van der Waals surface area contributed by atoms with Crippen molar-refractivity contribution in [3.05, 3.63) is 94.5 Å². The lowest BCUT2D eigenvalue weighted by atomic mass is 10.1. The third-order valence-corrected chi connectivity index (χ3v) is 5.47. The normalized spacial score (nSPS) is 10.7. The van der Waals surface area contributed by atoms with Crippen molar-refractivity contribution in [1.82, 2.24) is 10.2 Å². The van der Waals surface area contributed by atoms with Crippen LogP contribution in [0.4, 0.5) is 11.4 Å². The van der Waals surface area contributed by atoms with Crippen molar-refractivity contribution in [2.45, 2.75) is 20.3 Å². The summed E-state index contributed by atoms with van der Waals surface area (Å²) in [5.41, 5.74) is 4.21. The van der Waals surface area contributed by atoms with Gasteiger partial charge in [0.05, 0.1) is 11.3 Å². The van der Waals surface area contributed by atoms with E-state index in [2.05, 4.69) is 16.0 Å². The summed E-state index contributed by atoms with van der Waals surface area (Å²) in [6, 6.07) is 19.3. The number of hydrogen-bond donors (Lipinski definition) is 3. The molecule has 0 unspecified atom stereocenters. The van der Waals surface area contributed by atoms with Gasteiger partial charge in [-0.15, -0.1) is 0 Å². The zero-order valence-electron chi connectivity index (χ0n) is 20.6. The number of carbonyl (C=O) groups is 3. The number of amides is 3. The molecular weight excluding hydrogens is 440 g/mol. The summed E-state index contributed by atoms with van der Waals surface area (Å²) in [5.74, 6) is -0.908. The Morgan fingerprint density at radius 2 is 1.26 bits per heavy atom. The molecule has 3 aromatic rings. The van der Waals surface area contributed by atoms with E-state index in [0.29, 0.717) is 34.6 Å². The van der Waals surface area contributed by atoms with E-state index in [1.54, 1.807) is 42.5 Å². The van der Waals surface area contributed by atoms with E-state index in [0.717, 1.165) is 24.1 Å². The van der Waals surface area contributed by atoms with Crippen molar-refractivity contribution in [2.24, 2.45) is 0 Å². The molecule has 0 spiro atoms. The van der Waals surface area contributed by atoms with E-state index in [1.807, 2.05) is 57.1 Å². The second-order valence-electron chi connectivity index (χ2n) is 8.81. The van der Waals surface area contributed by atoms with Crippen LogP contribution < -0.4 is 16.0 Å². The second kappa shape index (κ2) is 11.9. The molecule has 0 saturated heterocycles. The van der Waals surface area contributed by atoms with Crippen LogP contribution in [-0.4, -0.2) is 49.8 Å². The number of aryl methyl sites for hydroxylation is 2. The first kappa shape index (κ1) is 25.6. The highest BCUT2D eigenvalue weighted by Crippen LogP contribution is 2.23. The molecule has 0 bridgehead atoms. The largest absolute Gasteiger partial charge is 0.352 e. The average Bonchev–Trinajstić information content (AvgIpc) is 2.82. The van der Waals surface area contributed by atoms with Gasteiger partial charge < -0.3 is 20.9 Å². The van der Waals surface area contributed by atoms with Crippen LogP contribution in [-0.2, 0) is 0 Å². The van der Waals surface area contributed by atoms with Crippen LogP contribution in [0.25, 0.3) is 0 Å². The molecule has 0 aliphatic carbocycles. The molecule has 3 N–H and O–H groups in total. The van der Waals surface area contributed by atoms with Crippen LogP contribution in [0, 0.1) is 13.8 Å². The van der Waals surface area contributed by atoms with Crippen LogP contribution in [0.5, 0.6) is 0 Å². The van der Waals surface area contributed by atoms with Crippen LogP contribution in [0.1, 0.15) is 48.6 Å². The molecule has 7 heteroatoms. The van der Waals surface area contributed by atoms with Gasteiger partial charge in [0, 0.05) is 23.4 Å². The van der Waals surface area contributed by atoms with Crippen molar-refractivity contribution in [2.75, 3.05) is 37.8 Å². The maximum absolute atomic E-state index is 12.9. The summed E-state index contributed by atoms with van der Waals surface area (Å²) in [4.78, 5) is 40.5. The summed E-state index contributed by atoms with van der Waals surface area (Å²) in [5, 5.41) is 8.58. The molecule has 0 radical (unpaired) electrons. The monoisotopic (exact) mass is 472 g/mol. The molecule has 0 atom stereocenters. The molecule has 0 heterocycles. The maximum Gasteiger partial charge on any atom is 0.255 e. The van der Waals surface area contributed by atoms with Crippen molar-refractivity contribution >= 4 is 29.1 Å². The third kappa shape index (κ3) is 7.52. The average molecular weight is 473 g/mol. The predicted molar refractivity (Wildman–Crippen MR) is 140 cm³/mol. The Hall–Kier alpha value is -3.97. The molecule has 0 aromatic heterocycles. The fourth-order valence-electron chi connectivity index (χ4n) is 3.42. The first-order valence-electron chi connectivity index (χ1n) is 11.6. The van der Waals surface area contributed by atoms with Gasteiger partial charge in [-0.1, -0.05) is 35.4 Å². The van der Waals surface area contributed by atoms with Gasteiger partial charge in [0.15, 0.2) is 0 Å². The van der Waals surface area contributed by atoms with E-state index in [1.165, 1.54) is 0 Å². The summed E-state index contributed by atoms with van der Waals surface area (Å²) in [6.07, 6.45) is 0.800. The molecule has 3 aromatic carbocycles. The molecule has 3 amide bonds. The lowest BCUT2D eigenvalue weighted by Crippen LogP contribution is -2.28. The molecular formula is C28H32N4O3. The van der Waals surface area contributed by atoms with Gasteiger partial charge in [-0.3, -0.25) is 14.4 Å². The van der Waals surface area contributed by atoms with E-state index >= 15 is 0 Å². The van der Waals surface area contributed by atoms with Gasteiger partial charge in [0.1, 0.15) is 0 Å². The summed E-state index contributed by atoms with van der Waals surface area (Å²) in [6.45, 7) is 5.26. The molecule has 7 nitrogen and oxygen atoms in total. The zero-order valence-corrected chi connectivity index (χ0v) is 20.6. The lowest BCUT2D eigenvalue weighted by Gasteiger charge is -2.15. The van der Waals surface area contributed by atoms with Crippen LogP contribution in [0.15, 0.2) is 66.7 Å². The van der Waals surface area contributed by atoms with E-state index in [4.69, 9.17) is 0 Å². The van der Waals surface area contributed by atoms with E-state index in [9.17, 15) is 14.4 Å². The summed E-state index contributed by atoms with van der Waals surface area (Å²) < 4.78 is 0. The molecule has 0 aliphatic heterocycles. The van der Waals surface area contributed by atoms with Crippen molar-refractivity contribution in [1.29, 1.82) is 0 Å². The van der Waals surface area contributed by atoms with E-state index < -0.39 is 0 Å². The highest BCUT2D eigenvalue weighted by atomic mass is 16.2. The molecule has 3 rings (SSSR count). The summed E-state index contributed by atoms with van der Waals surface area (Å²) in [7, 11) is 3.95. The second-order valence-corrected chi connectivity index (χ2v) is 8.81. The topological polar surface area (TPSA) is 90.5 Å². The minimum Gasteiger partial charge on any atom is -0.352 e. The first-order valence-corrected chi connectivity index (χ1v) is 11.6. The van der Waals surface area contributed by atoms with E-state index in [-0.39, 0.29) is 17.7 Å². The number of benzene rings is 3. The van der Waals surface area contributed by atoms with Crippen molar-refractivity contribution in [3.63, 3.8) is 0 Å². The quantitative estimate of drug-likeness (QED) is 0.400. The smallest absolute Gasteiger partial charge is 0.255 e. The number of carbonyl (C=O) groups excluding carboxylic acids is 3. The number of nitrogens with one attached hydrogen (secondary N) is 3. The Labute approximate surface area is 206 Å². The van der Waals surface area contributed by atoms with Crippen LogP contribution in [0.3, 0.4) is 0 Å². The third-order valence-electron chi connectivity index (χ3n) is 5.47. The van der Waals surface area contributed by atoms with Gasteiger partial charge in [-0.2, -0.15) is 0 Å². The minimum atomic E-state index is -0.339. The Bertz CT molecular complexity index is 1190. The van der Waals surface area contributed by atoms with Crippen molar-refractivity contribution in [3.8, 4) is 0 Å². The zero-order chi connectivity index (χ0) is 25.4. The summed E-state index contributed by atoms with van der Waals surface area (Å²) >= 11 is 0. The van der Waals surface area contributed by atoms with Gasteiger partial charge in [-0.25, -0.2) is 0 Å². The van der Waals surface area contributed by atoms with Gasteiger partial charge >= 0.3 is 0 Å². The SMILES string of the molecule is Cc1ccc(C(=O)Nc2ccc(C(=O)NCCCN(C)C)c(NC(=O)c3ccc(C)cc3)c2)cc1. The van der Waals surface area contributed by atoms with Gasteiger partial charge in [0.25, 0.3) is 17.7 Å². The Balaban J connectivity index is 1.82. The predicted octanol–water partition coefficient (Wildman–Crippen LogP) is 4.49. The van der Waals surface area contributed by atoms with Crippen LogP contribution in [0.2, 0.25) is 0 Å². The Morgan fingerprint density at radius 3 is 1.80 bits per heavy atom. The molecule has 0 fully saturated rings. The van der Waals surface area contributed by atoms with Gasteiger partial charge in [0.2, 0.25) is 0 Å². The highest BCUT2D eigenvalue weighted by molar-refractivity contribution is 6.10. The Morgan fingerprint density at radius 1 is 0.714 bits per heavy atom. The minimum absolute atomic E-state index is 0.276. The standard InChI is InChI=1S/C28H32N4O3/c1-19-6-10-21(11-7-19)26(33)30-23-14-15-24(28(35)29-16-5-17-32(3)4)25(18-23)31-27(34)22-12-8-20(2)9-13-22/h6-15,18H,5,16-17H2,1-4H3,(H,29,35)(H,30,33)(H,31,34). The molecule has 35 heavy (non-hydrogen) atoms.